The normalized spacial score (nSPS) is 10.5. The molecule has 0 spiro atoms. The molecular formula is C18H17N3O2. The van der Waals surface area contributed by atoms with Crippen LogP contribution in [0, 0.1) is 0 Å². The lowest BCUT2D eigenvalue weighted by Gasteiger charge is -2.19. The van der Waals surface area contributed by atoms with Crippen LogP contribution >= 0.6 is 0 Å². The number of hydrogen-bond acceptors (Lipinski definition) is 4. The highest BCUT2D eigenvalue weighted by Crippen LogP contribution is 2.24. The molecule has 0 bridgehead atoms. The van der Waals surface area contributed by atoms with Crippen molar-refractivity contribution in [2.75, 3.05) is 19.1 Å². The molecule has 0 radical (unpaired) electrons. The fourth-order valence-corrected chi connectivity index (χ4v) is 2.44. The van der Waals surface area contributed by atoms with E-state index in [0.717, 1.165) is 16.5 Å². The number of pyridine rings is 2. The van der Waals surface area contributed by atoms with Gasteiger partial charge in [-0.05, 0) is 29.8 Å². The second-order valence-electron chi connectivity index (χ2n) is 5.20. The number of benzene rings is 1. The zero-order chi connectivity index (χ0) is 16.2. The number of amides is 1. The summed E-state index contributed by atoms with van der Waals surface area (Å²) < 4.78 is 5.21. The van der Waals surface area contributed by atoms with Gasteiger partial charge in [0.25, 0.3) is 0 Å². The third-order valence-electron chi connectivity index (χ3n) is 3.68. The minimum atomic E-state index is -0.0478. The molecule has 23 heavy (non-hydrogen) atoms. The number of carbonyl (C=O) groups excluding carboxylic acids is 1. The van der Waals surface area contributed by atoms with Crippen molar-refractivity contribution in [3.05, 3.63) is 60.4 Å². The Labute approximate surface area is 134 Å². The molecule has 0 saturated heterocycles. The Balaban J connectivity index is 1.82. The van der Waals surface area contributed by atoms with Crippen molar-refractivity contribution >= 4 is 22.5 Å². The molecule has 0 unspecified atom stereocenters. The lowest BCUT2D eigenvalue weighted by molar-refractivity contribution is -0.117. The molecule has 3 rings (SSSR count). The Hall–Kier alpha value is -2.95. The number of para-hydroxylation sites is 1. The molecule has 2 aromatic heterocycles. The number of carbonyl (C=O) groups is 1. The SMILES string of the molecule is COc1ncccc1N(C)C(=O)Cc1cnc2ccccc2c1. The monoisotopic (exact) mass is 307 g/mol. The van der Waals surface area contributed by atoms with Crippen LogP contribution in [0.2, 0.25) is 0 Å². The number of hydrogen-bond donors (Lipinski definition) is 0. The Bertz CT molecular complexity index is 848. The molecule has 2 heterocycles. The number of methoxy groups -OCH3 is 1. The van der Waals surface area contributed by atoms with Gasteiger partial charge in [0.2, 0.25) is 11.8 Å². The summed E-state index contributed by atoms with van der Waals surface area (Å²) in [6.45, 7) is 0. The van der Waals surface area contributed by atoms with Gasteiger partial charge in [-0.25, -0.2) is 4.98 Å². The number of fused-ring (bicyclic) bond motifs is 1. The van der Waals surface area contributed by atoms with E-state index in [-0.39, 0.29) is 12.3 Å². The van der Waals surface area contributed by atoms with E-state index >= 15 is 0 Å². The third-order valence-corrected chi connectivity index (χ3v) is 3.68. The highest BCUT2D eigenvalue weighted by Gasteiger charge is 2.16. The summed E-state index contributed by atoms with van der Waals surface area (Å²) in [6, 6.07) is 13.4. The van der Waals surface area contributed by atoms with Crippen molar-refractivity contribution in [1.29, 1.82) is 0 Å². The molecule has 0 aliphatic carbocycles. The maximum Gasteiger partial charge on any atom is 0.237 e. The number of rotatable bonds is 4. The molecule has 116 valence electrons. The lowest BCUT2D eigenvalue weighted by atomic mass is 10.1. The zero-order valence-electron chi connectivity index (χ0n) is 13.1. The third kappa shape index (κ3) is 3.13. The molecule has 5 nitrogen and oxygen atoms in total. The molecule has 0 saturated carbocycles. The van der Waals surface area contributed by atoms with Crippen LogP contribution in [0.25, 0.3) is 10.9 Å². The van der Waals surface area contributed by atoms with E-state index in [2.05, 4.69) is 9.97 Å². The summed E-state index contributed by atoms with van der Waals surface area (Å²) in [6.07, 6.45) is 3.65. The van der Waals surface area contributed by atoms with Crippen LogP contribution in [0.3, 0.4) is 0 Å². The van der Waals surface area contributed by atoms with E-state index in [4.69, 9.17) is 4.74 Å². The Kier molecular flexibility index (Phi) is 4.19. The quantitative estimate of drug-likeness (QED) is 0.744. The van der Waals surface area contributed by atoms with E-state index in [9.17, 15) is 4.79 Å². The molecule has 0 atom stereocenters. The molecule has 0 fully saturated rings. The van der Waals surface area contributed by atoms with Crippen molar-refractivity contribution in [1.82, 2.24) is 9.97 Å². The number of aromatic nitrogens is 2. The van der Waals surface area contributed by atoms with Crippen LogP contribution in [-0.4, -0.2) is 30.0 Å². The summed E-state index contributed by atoms with van der Waals surface area (Å²) in [5.41, 5.74) is 2.45. The largest absolute Gasteiger partial charge is 0.480 e. The zero-order valence-corrected chi connectivity index (χ0v) is 13.1. The molecular weight excluding hydrogens is 290 g/mol. The van der Waals surface area contributed by atoms with Crippen LogP contribution in [0.4, 0.5) is 5.69 Å². The van der Waals surface area contributed by atoms with Crippen LogP contribution < -0.4 is 9.64 Å². The van der Waals surface area contributed by atoms with Crippen molar-refractivity contribution in [3.63, 3.8) is 0 Å². The number of nitrogens with zero attached hydrogens (tertiary/aromatic N) is 3. The lowest BCUT2D eigenvalue weighted by Crippen LogP contribution is -2.28. The molecule has 5 heteroatoms. The summed E-state index contributed by atoms with van der Waals surface area (Å²) >= 11 is 0. The van der Waals surface area contributed by atoms with Gasteiger partial charge in [0.15, 0.2) is 0 Å². The van der Waals surface area contributed by atoms with Gasteiger partial charge in [-0.2, -0.15) is 0 Å². The van der Waals surface area contributed by atoms with E-state index < -0.39 is 0 Å². The van der Waals surface area contributed by atoms with E-state index in [1.165, 1.54) is 7.11 Å². The molecule has 1 amide bonds. The van der Waals surface area contributed by atoms with Crippen molar-refractivity contribution < 1.29 is 9.53 Å². The van der Waals surface area contributed by atoms with Gasteiger partial charge in [0.1, 0.15) is 5.69 Å². The second-order valence-corrected chi connectivity index (χ2v) is 5.20. The average molecular weight is 307 g/mol. The van der Waals surface area contributed by atoms with Gasteiger partial charge in [0, 0.05) is 24.8 Å². The van der Waals surface area contributed by atoms with E-state index in [0.29, 0.717) is 11.6 Å². The first-order valence-electron chi connectivity index (χ1n) is 7.28. The molecule has 1 aromatic carbocycles. The molecule has 0 aliphatic rings. The number of anilines is 1. The Morgan fingerprint density at radius 3 is 2.83 bits per heavy atom. The highest BCUT2D eigenvalue weighted by atomic mass is 16.5. The number of ether oxygens (including phenoxy) is 1. The molecule has 3 aromatic rings. The van der Waals surface area contributed by atoms with Gasteiger partial charge in [-0.3, -0.25) is 9.78 Å². The first-order chi connectivity index (χ1) is 11.2. The topological polar surface area (TPSA) is 55.3 Å². The standard InChI is InChI=1S/C18H17N3O2/c1-21(16-8-5-9-19-18(16)23-2)17(22)11-13-10-14-6-3-4-7-15(14)20-12-13/h3-10,12H,11H2,1-2H3. The summed E-state index contributed by atoms with van der Waals surface area (Å²) in [5, 5.41) is 1.03. The first kappa shape index (κ1) is 15.0. The van der Waals surface area contributed by atoms with E-state index in [1.54, 1.807) is 30.4 Å². The minimum absolute atomic E-state index is 0.0478. The van der Waals surface area contributed by atoms with Crippen molar-refractivity contribution in [3.8, 4) is 5.88 Å². The fraction of sp³-hybridized carbons (Fsp3) is 0.167. The summed E-state index contributed by atoms with van der Waals surface area (Å²) in [4.78, 5) is 22.6. The predicted octanol–water partition coefficient (Wildman–Crippen LogP) is 2.84. The van der Waals surface area contributed by atoms with Gasteiger partial charge >= 0.3 is 0 Å². The summed E-state index contributed by atoms with van der Waals surface area (Å²) in [5.74, 6) is 0.383. The first-order valence-corrected chi connectivity index (χ1v) is 7.28. The highest BCUT2D eigenvalue weighted by molar-refractivity contribution is 5.95. The smallest absolute Gasteiger partial charge is 0.237 e. The Morgan fingerprint density at radius 1 is 1.17 bits per heavy atom. The van der Waals surface area contributed by atoms with Crippen LogP contribution in [-0.2, 0) is 11.2 Å². The van der Waals surface area contributed by atoms with Gasteiger partial charge in [0.05, 0.1) is 19.0 Å². The van der Waals surface area contributed by atoms with Gasteiger partial charge < -0.3 is 9.64 Å². The average Bonchev–Trinajstić information content (AvgIpc) is 2.60. The van der Waals surface area contributed by atoms with Crippen LogP contribution in [0.15, 0.2) is 54.9 Å². The molecule has 0 aliphatic heterocycles. The van der Waals surface area contributed by atoms with E-state index in [1.807, 2.05) is 36.4 Å². The van der Waals surface area contributed by atoms with Gasteiger partial charge in [-0.1, -0.05) is 18.2 Å². The minimum Gasteiger partial charge on any atom is -0.480 e. The second kappa shape index (κ2) is 6.44. The molecule has 0 N–H and O–H groups in total. The summed E-state index contributed by atoms with van der Waals surface area (Å²) in [7, 11) is 3.26. The fourth-order valence-electron chi connectivity index (χ4n) is 2.44. The maximum absolute atomic E-state index is 12.5. The predicted molar refractivity (Wildman–Crippen MR) is 89.6 cm³/mol. The van der Waals surface area contributed by atoms with Crippen LogP contribution in [0.1, 0.15) is 5.56 Å². The Morgan fingerprint density at radius 2 is 2.00 bits per heavy atom. The van der Waals surface area contributed by atoms with Crippen molar-refractivity contribution in [2.24, 2.45) is 0 Å². The maximum atomic E-state index is 12.5. The number of likely N-dealkylation sites (N-methyl/N-ethyl adjacent to an activating group) is 1. The van der Waals surface area contributed by atoms with Gasteiger partial charge in [-0.15, -0.1) is 0 Å². The van der Waals surface area contributed by atoms with Crippen molar-refractivity contribution in [2.45, 2.75) is 6.42 Å². The van der Waals surface area contributed by atoms with Crippen LogP contribution in [0.5, 0.6) is 5.88 Å².